The average molecular weight is 658 g/mol. The fraction of sp³-hybridized carbons (Fsp3) is 0.471. The first-order chi connectivity index (χ1) is 17.6. The van der Waals surface area contributed by atoms with Gasteiger partial charge in [0.2, 0.25) is 0 Å². The number of halogens is 1. The molecule has 0 amide bonds. The third-order valence-corrected chi connectivity index (χ3v) is 19.2. The van der Waals surface area contributed by atoms with Gasteiger partial charge in [0, 0.05) is 6.10 Å². The standard InChI is InChI=1S/C34H46OPSi.HI/c1-33(2,3)37(5,6)35-31-24-25-34(4)30(32(31)34)23-16-26-36(27-17-10-7-11-18-27,28-19-12-8-13-20-28)29-21-14-9-15-22-29;/h7-15,17-22,30-32H,16,23-26H2,1-6H3;1H/q+1;. The third-order valence-electron chi connectivity index (χ3n) is 10.2. The molecule has 0 spiro atoms. The minimum atomic E-state index is -1.74. The number of benzene rings is 3. The lowest BCUT2D eigenvalue weighted by Crippen LogP contribution is -2.44. The molecular formula is C34H47IOPSi+. The summed E-state index contributed by atoms with van der Waals surface area (Å²) in [5, 5.41) is 4.80. The van der Waals surface area contributed by atoms with Crippen LogP contribution in [0, 0.1) is 17.3 Å². The van der Waals surface area contributed by atoms with Crippen LogP contribution in [-0.2, 0) is 4.43 Å². The molecule has 3 aromatic rings. The van der Waals surface area contributed by atoms with Crippen molar-refractivity contribution in [1.82, 2.24) is 0 Å². The minimum absolute atomic E-state index is 0. The van der Waals surface area contributed by atoms with Crippen LogP contribution in [-0.4, -0.2) is 20.6 Å². The summed E-state index contributed by atoms with van der Waals surface area (Å²) < 4.78 is 7.01. The maximum atomic E-state index is 7.01. The largest absolute Gasteiger partial charge is 0.414 e. The molecule has 0 aliphatic heterocycles. The summed E-state index contributed by atoms with van der Waals surface area (Å²) in [6.07, 6.45) is 6.92. The maximum Gasteiger partial charge on any atom is 0.192 e. The number of rotatable bonds is 9. The minimum Gasteiger partial charge on any atom is -0.414 e. The van der Waals surface area contributed by atoms with Crippen LogP contribution in [0.3, 0.4) is 0 Å². The molecule has 38 heavy (non-hydrogen) atoms. The Hall–Kier alpha value is -1.00. The van der Waals surface area contributed by atoms with Gasteiger partial charge in [-0.15, -0.1) is 24.0 Å². The van der Waals surface area contributed by atoms with Gasteiger partial charge in [-0.1, -0.05) is 82.3 Å². The predicted molar refractivity (Wildman–Crippen MR) is 181 cm³/mol. The monoisotopic (exact) mass is 657 g/mol. The van der Waals surface area contributed by atoms with E-state index in [1.54, 1.807) is 0 Å². The second kappa shape index (κ2) is 11.5. The van der Waals surface area contributed by atoms with Gasteiger partial charge in [-0.05, 0) is 97.5 Å². The van der Waals surface area contributed by atoms with E-state index in [1.165, 1.54) is 47.8 Å². The lowest BCUT2D eigenvalue weighted by atomic mass is 9.99. The van der Waals surface area contributed by atoms with Gasteiger partial charge in [-0.2, -0.15) is 0 Å². The van der Waals surface area contributed by atoms with E-state index in [2.05, 4.69) is 132 Å². The summed E-state index contributed by atoms with van der Waals surface area (Å²) >= 11 is 0. The molecule has 4 unspecified atom stereocenters. The van der Waals surface area contributed by atoms with Gasteiger partial charge >= 0.3 is 0 Å². The lowest BCUT2D eigenvalue weighted by molar-refractivity contribution is 0.156. The van der Waals surface area contributed by atoms with Crippen molar-refractivity contribution >= 4 is 55.5 Å². The number of hydrogen-bond acceptors (Lipinski definition) is 1. The molecular weight excluding hydrogens is 610 g/mol. The molecule has 0 radical (unpaired) electrons. The molecule has 4 atom stereocenters. The fourth-order valence-corrected chi connectivity index (χ4v) is 12.7. The molecule has 5 rings (SSSR count). The fourth-order valence-electron chi connectivity index (χ4n) is 7.00. The molecule has 0 aromatic heterocycles. The molecule has 0 bridgehead atoms. The predicted octanol–water partition coefficient (Wildman–Crippen LogP) is 8.82. The third kappa shape index (κ3) is 5.47. The Morgan fingerprint density at radius 1 is 0.816 bits per heavy atom. The van der Waals surface area contributed by atoms with Crippen LogP contribution in [0.4, 0.5) is 0 Å². The first kappa shape index (κ1) is 30.0. The zero-order chi connectivity index (χ0) is 26.3. The summed E-state index contributed by atoms with van der Waals surface area (Å²) in [5.41, 5.74) is 0.500. The van der Waals surface area contributed by atoms with Gasteiger partial charge in [-0.3, -0.25) is 0 Å². The Bertz CT molecular complexity index is 1080. The van der Waals surface area contributed by atoms with Crippen LogP contribution >= 0.6 is 31.2 Å². The molecule has 0 N–H and O–H groups in total. The van der Waals surface area contributed by atoms with Gasteiger partial charge in [0.25, 0.3) is 0 Å². The van der Waals surface area contributed by atoms with E-state index in [4.69, 9.17) is 4.43 Å². The summed E-state index contributed by atoms with van der Waals surface area (Å²) in [4.78, 5) is 0. The summed E-state index contributed by atoms with van der Waals surface area (Å²) in [7, 11) is -3.46. The highest BCUT2D eigenvalue weighted by Crippen LogP contribution is 2.71. The molecule has 0 saturated heterocycles. The van der Waals surface area contributed by atoms with Gasteiger partial charge in [-0.25, -0.2) is 0 Å². The van der Waals surface area contributed by atoms with E-state index in [1.807, 2.05) is 0 Å². The van der Waals surface area contributed by atoms with Crippen LogP contribution in [0.5, 0.6) is 0 Å². The van der Waals surface area contributed by atoms with Crippen LogP contribution in [0.2, 0.25) is 18.1 Å². The summed E-state index contributed by atoms with van der Waals surface area (Å²) in [6, 6.07) is 34.1. The number of fused-ring (bicyclic) bond motifs is 1. The molecule has 0 heterocycles. The summed E-state index contributed by atoms with van der Waals surface area (Å²) in [5.74, 6) is 1.58. The van der Waals surface area contributed by atoms with Crippen molar-refractivity contribution in [3.8, 4) is 0 Å². The molecule has 4 heteroatoms. The van der Waals surface area contributed by atoms with Crippen LogP contribution < -0.4 is 15.9 Å². The Morgan fingerprint density at radius 3 is 1.68 bits per heavy atom. The maximum absolute atomic E-state index is 7.01. The molecule has 2 aliphatic rings. The van der Waals surface area contributed by atoms with E-state index in [0.717, 1.165) is 11.8 Å². The Morgan fingerprint density at radius 2 is 1.26 bits per heavy atom. The van der Waals surface area contributed by atoms with Crippen LogP contribution in [0.15, 0.2) is 91.0 Å². The Balaban J connectivity index is 0.00000336. The average Bonchev–Trinajstić information content (AvgIpc) is 3.33. The highest BCUT2D eigenvalue weighted by Gasteiger charge is 2.67. The van der Waals surface area contributed by atoms with Gasteiger partial charge in [0.1, 0.15) is 23.2 Å². The van der Waals surface area contributed by atoms with Crippen molar-refractivity contribution in [1.29, 1.82) is 0 Å². The Kier molecular flexibility index (Phi) is 9.05. The molecule has 204 valence electrons. The highest BCUT2D eigenvalue weighted by atomic mass is 127. The molecule has 2 saturated carbocycles. The Labute approximate surface area is 250 Å². The van der Waals surface area contributed by atoms with E-state index < -0.39 is 15.6 Å². The quantitative estimate of drug-likeness (QED) is 0.127. The molecule has 2 aliphatic carbocycles. The number of hydrogen-bond donors (Lipinski definition) is 0. The van der Waals surface area contributed by atoms with Gasteiger partial charge in [0.05, 0.1) is 6.16 Å². The zero-order valence-electron chi connectivity index (χ0n) is 24.2. The molecule has 3 aromatic carbocycles. The van der Waals surface area contributed by atoms with Crippen molar-refractivity contribution in [2.45, 2.75) is 77.6 Å². The van der Waals surface area contributed by atoms with E-state index in [9.17, 15) is 0 Å². The smallest absolute Gasteiger partial charge is 0.192 e. The second-order valence-electron chi connectivity index (χ2n) is 13.3. The van der Waals surface area contributed by atoms with Gasteiger partial charge in [0.15, 0.2) is 8.32 Å². The molecule has 2 fully saturated rings. The van der Waals surface area contributed by atoms with Crippen molar-refractivity contribution < 1.29 is 4.43 Å². The van der Waals surface area contributed by atoms with Crippen molar-refractivity contribution in [2.24, 2.45) is 17.3 Å². The lowest BCUT2D eigenvalue weighted by Gasteiger charge is -2.39. The zero-order valence-corrected chi connectivity index (χ0v) is 28.4. The molecule has 1 nitrogen and oxygen atoms in total. The highest BCUT2D eigenvalue weighted by molar-refractivity contribution is 14.0. The van der Waals surface area contributed by atoms with E-state index >= 15 is 0 Å². The van der Waals surface area contributed by atoms with E-state index in [-0.39, 0.29) is 29.0 Å². The topological polar surface area (TPSA) is 9.23 Å². The summed E-state index contributed by atoms with van der Waals surface area (Å²) in [6.45, 7) is 14.5. The van der Waals surface area contributed by atoms with Gasteiger partial charge < -0.3 is 4.43 Å². The van der Waals surface area contributed by atoms with Crippen molar-refractivity contribution in [2.75, 3.05) is 6.16 Å². The normalized spacial score (nSPS) is 24.9. The first-order valence-corrected chi connectivity index (χ1v) is 19.2. The SMILES string of the molecule is CC12CCC(O[Si](C)(C)C(C)(C)C)C1C2CCC[P+](c1ccccc1)(c1ccccc1)c1ccccc1.I. The van der Waals surface area contributed by atoms with Crippen LogP contribution in [0.25, 0.3) is 0 Å². The first-order valence-electron chi connectivity index (χ1n) is 14.3. The van der Waals surface area contributed by atoms with Crippen LogP contribution in [0.1, 0.15) is 53.4 Å². The van der Waals surface area contributed by atoms with Crippen molar-refractivity contribution in [3.63, 3.8) is 0 Å². The second-order valence-corrected chi connectivity index (χ2v) is 21.6. The van der Waals surface area contributed by atoms with Crippen molar-refractivity contribution in [3.05, 3.63) is 91.0 Å². The van der Waals surface area contributed by atoms with E-state index in [0.29, 0.717) is 11.5 Å².